The van der Waals surface area contributed by atoms with Crippen molar-refractivity contribution in [1.82, 2.24) is 0 Å². The van der Waals surface area contributed by atoms with Crippen LogP contribution in [-0.4, -0.2) is 21.9 Å². The molecule has 0 heterocycles. The number of hydrogen-bond donors (Lipinski definition) is 1. The molecule has 1 aromatic rings. The van der Waals surface area contributed by atoms with E-state index in [1.807, 2.05) is 0 Å². The minimum Gasteiger partial charge on any atom is -0.388 e. The summed E-state index contributed by atoms with van der Waals surface area (Å²) < 4.78 is 0. The summed E-state index contributed by atoms with van der Waals surface area (Å²) in [5, 5.41) is 20.6. The van der Waals surface area contributed by atoms with Gasteiger partial charge in [0.1, 0.15) is 5.78 Å². The molecule has 0 radical (unpaired) electrons. The zero-order valence-corrected chi connectivity index (χ0v) is 10.9. The molecule has 0 amide bonds. The Labute approximate surface area is 111 Å². The lowest BCUT2D eigenvalue weighted by atomic mass is 9.97. The molecular weight excluding hydrogens is 246 g/mol. The number of carbonyl (C=O) groups excluding carboxylic acids is 1. The number of hydrogen-bond acceptors (Lipinski definition) is 4. The van der Waals surface area contributed by atoms with Crippen LogP contribution < -0.4 is 0 Å². The van der Waals surface area contributed by atoms with Gasteiger partial charge in [0.25, 0.3) is 5.69 Å². The number of ketones is 1. The van der Waals surface area contributed by atoms with E-state index >= 15 is 0 Å². The third-order valence-corrected chi connectivity index (χ3v) is 2.98. The minimum atomic E-state index is -0.938. The normalized spacial score (nSPS) is 14.3. The first-order valence-electron chi connectivity index (χ1n) is 6.09. The second-order valence-corrected chi connectivity index (χ2v) is 4.27. The van der Waals surface area contributed by atoms with E-state index in [9.17, 15) is 20.0 Å². The Morgan fingerprint density at radius 3 is 2.68 bits per heavy atom. The number of benzene rings is 1. The smallest absolute Gasteiger partial charge is 0.276 e. The maximum Gasteiger partial charge on any atom is 0.276 e. The summed E-state index contributed by atoms with van der Waals surface area (Å²) in [6.45, 7) is 3.37. The van der Waals surface area contributed by atoms with E-state index in [2.05, 4.69) is 0 Å². The monoisotopic (exact) mass is 263 g/mol. The van der Waals surface area contributed by atoms with Gasteiger partial charge in [0.05, 0.1) is 16.6 Å². The topological polar surface area (TPSA) is 80.4 Å². The molecule has 102 valence electrons. The zero-order valence-electron chi connectivity index (χ0n) is 10.9. The van der Waals surface area contributed by atoms with Crippen molar-refractivity contribution in [2.75, 3.05) is 0 Å². The summed E-state index contributed by atoms with van der Waals surface area (Å²) in [6, 6.07) is 6.25. The van der Waals surface area contributed by atoms with Crippen LogP contribution in [0.15, 0.2) is 30.3 Å². The lowest BCUT2D eigenvalue weighted by molar-refractivity contribution is -0.385. The van der Waals surface area contributed by atoms with Crippen LogP contribution in [0.25, 0.3) is 6.08 Å². The third kappa shape index (κ3) is 3.99. The molecular formula is C14H17NO4. The molecule has 0 aliphatic heterocycles. The van der Waals surface area contributed by atoms with Gasteiger partial charge in [-0.1, -0.05) is 32.1 Å². The van der Waals surface area contributed by atoms with E-state index in [1.165, 1.54) is 18.2 Å². The SMILES string of the molecule is CCC(=O)[C@H](C)[C@H](O)/C=C/c1ccccc1[N+](=O)[O-]. The van der Waals surface area contributed by atoms with Crippen LogP contribution in [0.1, 0.15) is 25.8 Å². The van der Waals surface area contributed by atoms with Gasteiger partial charge in [0.2, 0.25) is 0 Å². The van der Waals surface area contributed by atoms with Crippen molar-refractivity contribution in [3.63, 3.8) is 0 Å². The standard InChI is InChI=1S/C14H17NO4/c1-3-13(16)10(2)14(17)9-8-11-6-4-5-7-12(11)15(18)19/h4-10,14,17H,3H2,1-2H3/b9-8+/t10-,14+/m0/s1. The molecule has 0 saturated carbocycles. The van der Waals surface area contributed by atoms with Crippen LogP contribution in [0.4, 0.5) is 5.69 Å². The van der Waals surface area contributed by atoms with E-state index in [0.717, 1.165) is 0 Å². The quantitative estimate of drug-likeness (QED) is 0.631. The average molecular weight is 263 g/mol. The molecule has 1 aromatic carbocycles. The van der Waals surface area contributed by atoms with Crippen LogP contribution in [0.2, 0.25) is 0 Å². The molecule has 5 heteroatoms. The van der Waals surface area contributed by atoms with Gasteiger partial charge in [0, 0.05) is 18.4 Å². The summed E-state index contributed by atoms with van der Waals surface area (Å²) in [4.78, 5) is 21.8. The number of nitro groups is 1. The molecule has 0 fully saturated rings. The summed E-state index contributed by atoms with van der Waals surface area (Å²) >= 11 is 0. The van der Waals surface area contributed by atoms with Crippen LogP contribution in [0.3, 0.4) is 0 Å². The van der Waals surface area contributed by atoms with Gasteiger partial charge in [-0.05, 0) is 12.1 Å². The number of nitrogens with zero attached hydrogens (tertiary/aromatic N) is 1. The van der Waals surface area contributed by atoms with Crippen LogP contribution in [0.5, 0.6) is 0 Å². The Morgan fingerprint density at radius 1 is 1.47 bits per heavy atom. The van der Waals surface area contributed by atoms with E-state index in [1.54, 1.807) is 32.0 Å². The molecule has 0 aliphatic rings. The van der Waals surface area contributed by atoms with Gasteiger partial charge < -0.3 is 5.11 Å². The number of Topliss-reactive ketones (excluding diaryl/α,β-unsaturated/α-hetero) is 1. The molecule has 1 rings (SSSR count). The number of nitro benzene ring substituents is 1. The maximum atomic E-state index is 11.4. The van der Waals surface area contributed by atoms with Crippen LogP contribution >= 0.6 is 0 Å². The number of carbonyl (C=O) groups is 1. The zero-order chi connectivity index (χ0) is 14.4. The van der Waals surface area contributed by atoms with Crippen molar-refractivity contribution in [2.24, 2.45) is 5.92 Å². The fourth-order valence-electron chi connectivity index (χ4n) is 1.68. The fraction of sp³-hybridized carbons (Fsp3) is 0.357. The average Bonchev–Trinajstić information content (AvgIpc) is 2.43. The van der Waals surface area contributed by atoms with Crippen molar-refractivity contribution in [3.05, 3.63) is 46.0 Å². The van der Waals surface area contributed by atoms with Gasteiger partial charge in [-0.3, -0.25) is 14.9 Å². The molecule has 0 saturated heterocycles. The Balaban J connectivity index is 2.87. The van der Waals surface area contributed by atoms with E-state index < -0.39 is 16.9 Å². The van der Waals surface area contributed by atoms with E-state index in [-0.39, 0.29) is 11.5 Å². The maximum absolute atomic E-state index is 11.4. The van der Waals surface area contributed by atoms with Gasteiger partial charge in [0.15, 0.2) is 0 Å². The first kappa shape index (κ1) is 15.0. The Hall–Kier alpha value is -2.01. The first-order valence-corrected chi connectivity index (χ1v) is 6.09. The third-order valence-electron chi connectivity index (χ3n) is 2.98. The molecule has 2 atom stereocenters. The highest BCUT2D eigenvalue weighted by Crippen LogP contribution is 2.20. The van der Waals surface area contributed by atoms with Gasteiger partial charge in [-0.15, -0.1) is 0 Å². The van der Waals surface area contributed by atoms with Crippen molar-refractivity contribution >= 4 is 17.5 Å². The lowest BCUT2D eigenvalue weighted by Gasteiger charge is -2.13. The van der Waals surface area contributed by atoms with Crippen molar-refractivity contribution in [1.29, 1.82) is 0 Å². The highest BCUT2D eigenvalue weighted by Gasteiger charge is 2.18. The Bertz CT molecular complexity index is 496. The largest absolute Gasteiger partial charge is 0.388 e. The fourth-order valence-corrected chi connectivity index (χ4v) is 1.68. The van der Waals surface area contributed by atoms with Crippen molar-refractivity contribution in [2.45, 2.75) is 26.4 Å². The lowest BCUT2D eigenvalue weighted by Crippen LogP contribution is -2.23. The molecule has 1 N–H and O–H groups in total. The molecule has 19 heavy (non-hydrogen) atoms. The Kier molecular flexibility index (Phi) is 5.38. The number of rotatable bonds is 6. The van der Waals surface area contributed by atoms with Gasteiger partial charge in [-0.2, -0.15) is 0 Å². The van der Waals surface area contributed by atoms with E-state index in [0.29, 0.717) is 12.0 Å². The summed E-state index contributed by atoms with van der Waals surface area (Å²) in [6.07, 6.45) is 2.31. The highest BCUT2D eigenvalue weighted by atomic mass is 16.6. The second-order valence-electron chi connectivity index (χ2n) is 4.27. The summed E-state index contributed by atoms with van der Waals surface area (Å²) in [5.41, 5.74) is 0.378. The first-order chi connectivity index (χ1) is 8.97. The second kappa shape index (κ2) is 6.80. The molecule has 5 nitrogen and oxygen atoms in total. The molecule has 0 bridgehead atoms. The molecule has 0 spiro atoms. The Morgan fingerprint density at radius 2 is 2.11 bits per heavy atom. The number of aliphatic hydroxyl groups is 1. The minimum absolute atomic E-state index is 0.0274. The van der Waals surface area contributed by atoms with Crippen LogP contribution in [0, 0.1) is 16.0 Å². The molecule has 0 unspecified atom stereocenters. The number of para-hydroxylation sites is 1. The van der Waals surface area contributed by atoms with Crippen molar-refractivity contribution in [3.8, 4) is 0 Å². The van der Waals surface area contributed by atoms with Gasteiger partial charge >= 0.3 is 0 Å². The molecule has 0 aromatic heterocycles. The number of aliphatic hydroxyl groups excluding tert-OH is 1. The predicted octanol–water partition coefficient (Wildman–Crippen LogP) is 2.58. The molecule has 0 aliphatic carbocycles. The highest BCUT2D eigenvalue weighted by molar-refractivity contribution is 5.81. The summed E-state index contributed by atoms with van der Waals surface area (Å²) in [7, 11) is 0. The van der Waals surface area contributed by atoms with E-state index in [4.69, 9.17) is 0 Å². The van der Waals surface area contributed by atoms with Crippen molar-refractivity contribution < 1.29 is 14.8 Å². The summed E-state index contributed by atoms with van der Waals surface area (Å²) in [5.74, 6) is -0.552. The predicted molar refractivity (Wildman–Crippen MR) is 72.6 cm³/mol. The van der Waals surface area contributed by atoms with Crippen LogP contribution in [-0.2, 0) is 4.79 Å². The van der Waals surface area contributed by atoms with Gasteiger partial charge in [-0.25, -0.2) is 0 Å².